The zero-order chi connectivity index (χ0) is 18.4. The Kier molecular flexibility index (Phi) is 5.23. The van der Waals surface area contributed by atoms with E-state index in [0.29, 0.717) is 17.2 Å². The van der Waals surface area contributed by atoms with Gasteiger partial charge in [-0.05, 0) is 36.4 Å². The molecule has 0 fully saturated rings. The van der Waals surface area contributed by atoms with E-state index in [-0.39, 0.29) is 11.8 Å². The number of amides is 1. The van der Waals surface area contributed by atoms with Crippen LogP contribution < -0.4 is 19.5 Å². The van der Waals surface area contributed by atoms with E-state index in [0.717, 1.165) is 6.20 Å². The minimum absolute atomic E-state index is 0.133. The third-order valence-electron chi connectivity index (χ3n) is 3.16. The Labute approximate surface area is 148 Å². The molecule has 0 atom stereocenters. The highest BCUT2D eigenvalue weighted by molar-refractivity contribution is 5.85. The molecular weight excluding hydrogens is 341 g/mol. The summed E-state index contributed by atoms with van der Waals surface area (Å²) in [6.45, 7) is 0. The van der Waals surface area contributed by atoms with Crippen LogP contribution in [0.4, 0.5) is 15.0 Å². The summed E-state index contributed by atoms with van der Waals surface area (Å²) in [5.74, 6) is 0.217. The summed E-state index contributed by atoms with van der Waals surface area (Å²) in [6.07, 6.45) is 0.00784. The van der Waals surface area contributed by atoms with Gasteiger partial charge in [0, 0.05) is 0 Å². The second-order valence-corrected chi connectivity index (χ2v) is 4.95. The molecule has 26 heavy (non-hydrogen) atoms. The van der Waals surface area contributed by atoms with Crippen LogP contribution in [0, 0.1) is 5.82 Å². The van der Waals surface area contributed by atoms with E-state index in [4.69, 9.17) is 14.2 Å². The van der Waals surface area contributed by atoms with Crippen molar-refractivity contribution in [3.63, 3.8) is 0 Å². The van der Waals surface area contributed by atoms with Gasteiger partial charge in [-0.1, -0.05) is 18.2 Å². The maximum absolute atomic E-state index is 13.8. The molecule has 0 saturated heterocycles. The number of rotatable bonds is 5. The molecule has 0 bridgehead atoms. The number of carbonyl (C=O) groups excluding carboxylic acids is 1. The van der Waals surface area contributed by atoms with Crippen molar-refractivity contribution >= 4 is 11.9 Å². The number of halogens is 1. The monoisotopic (exact) mass is 355 g/mol. The van der Waals surface area contributed by atoms with E-state index in [9.17, 15) is 9.18 Å². The number of carbonyl (C=O) groups is 1. The fraction of sp³-hybridized carbons (Fsp3) is 0.0556. The summed E-state index contributed by atoms with van der Waals surface area (Å²) < 4.78 is 29.3. The van der Waals surface area contributed by atoms with Gasteiger partial charge in [-0.2, -0.15) is 4.98 Å². The minimum Gasteiger partial charge on any atom is -0.497 e. The average Bonchev–Trinajstić information content (AvgIpc) is 2.66. The molecule has 1 heterocycles. The highest BCUT2D eigenvalue weighted by atomic mass is 19.1. The largest absolute Gasteiger partial charge is 0.497 e. The summed E-state index contributed by atoms with van der Waals surface area (Å²) in [5.41, 5.74) is 0. The maximum atomic E-state index is 13.8. The molecule has 0 spiro atoms. The first-order valence-electron chi connectivity index (χ1n) is 7.52. The van der Waals surface area contributed by atoms with Crippen molar-refractivity contribution in [2.75, 3.05) is 12.4 Å². The van der Waals surface area contributed by atoms with Crippen LogP contribution in [0.15, 0.2) is 60.8 Å². The van der Waals surface area contributed by atoms with Crippen LogP contribution >= 0.6 is 0 Å². The van der Waals surface area contributed by atoms with Crippen molar-refractivity contribution in [2.45, 2.75) is 0 Å². The maximum Gasteiger partial charge on any atom is 0.418 e. The van der Waals surface area contributed by atoms with Gasteiger partial charge in [-0.15, -0.1) is 0 Å². The second-order valence-electron chi connectivity index (χ2n) is 4.95. The lowest BCUT2D eigenvalue weighted by Crippen LogP contribution is -2.18. The second kappa shape index (κ2) is 7.93. The van der Waals surface area contributed by atoms with Crippen molar-refractivity contribution in [3.05, 3.63) is 66.6 Å². The van der Waals surface area contributed by atoms with E-state index in [1.807, 2.05) is 0 Å². The van der Waals surface area contributed by atoms with Crippen LogP contribution in [0.5, 0.6) is 23.3 Å². The number of nitrogens with one attached hydrogen (secondary N) is 1. The van der Waals surface area contributed by atoms with Gasteiger partial charge in [0.1, 0.15) is 17.2 Å². The predicted molar refractivity (Wildman–Crippen MR) is 91.1 cm³/mol. The van der Waals surface area contributed by atoms with E-state index < -0.39 is 11.9 Å². The standard InChI is InChI=1S/C18H14FN3O4/c1-24-12-7-9-14(10-8-12)25-17-20-11-15(19)16(21-17)22-18(23)26-13-5-3-2-4-6-13/h2-11H,1H3,(H,20,21,22,23). The Morgan fingerprint density at radius 1 is 1.00 bits per heavy atom. The first kappa shape index (κ1) is 17.2. The zero-order valence-electron chi connectivity index (χ0n) is 13.7. The molecule has 132 valence electrons. The van der Waals surface area contributed by atoms with E-state index >= 15 is 0 Å². The normalized spacial score (nSPS) is 10.1. The van der Waals surface area contributed by atoms with E-state index in [2.05, 4.69) is 15.3 Å². The number of para-hydroxylation sites is 1. The number of nitrogens with zero attached hydrogens (tertiary/aromatic N) is 2. The fourth-order valence-corrected chi connectivity index (χ4v) is 1.95. The molecular formula is C18H14FN3O4. The topological polar surface area (TPSA) is 82.6 Å². The SMILES string of the molecule is COc1ccc(Oc2ncc(F)c(NC(=O)Oc3ccccc3)n2)cc1. The molecule has 1 N–H and O–H groups in total. The number of anilines is 1. The quantitative estimate of drug-likeness (QED) is 0.744. The molecule has 3 rings (SSSR count). The Bertz CT molecular complexity index is 889. The van der Waals surface area contributed by atoms with Gasteiger partial charge in [0.05, 0.1) is 13.3 Å². The first-order valence-corrected chi connectivity index (χ1v) is 7.52. The molecule has 0 aliphatic rings. The highest BCUT2D eigenvalue weighted by Gasteiger charge is 2.13. The van der Waals surface area contributed by atoms with Gasteiger partial charge < -0.3 is 14.2 Å². The number of aromatic nitrogens is 2. The molecule has 1 amide bonds. The molecule has 2 aromatic carbocycles. The van der Waals surface area contributed by atoms with Crippen molar-refractivity contribution in [3.8, 4) is 23.3 Å². The number of methoxy groups -OCH3 is 1. The van der Waals surface area contributed by atoms with Crippen LogP contribution in [-0.2, 0) is 0 Å². The molecule has 1 aromatic heterocycles. The van der Waals surface area contributed by atoms with Crippen LogP contribution in [0.3, 0.4) is 0 Å². The van der Waals surface area contributed by atoms with Gasteiger partial charge >= 0.3 is 12.1 Å². The summed E-state index contributed by atoms with van der Waals surface area (Å²) >= 11 is 0. The Hall–Kier alpha value is -3.68. The van der Waals surface area contributed by atoms with Crippen molar-refractivity contribution < 1.29 is 23.4 Å². The molecule has 7 nitrogen and oxygen atoms in total. The summed E-state index contributed by atoms with van der Waals surface area (Å²) in [6, 6.07) is 14.9. The Morgan fingerprint density at radius 3 is 2.38 bits per heavy atom. The van der Waals surface area contributed by atoms with Crippen LogP contribution in [0.1, 0.15) is 0 Å². The molecule has 8 heteroatoms. The van der Waals surface area contributed by atoms with Crippen LogP contribution in [-0.4, -0.2) is 23.2 Å². The number of hydrogen-bond donors (Lipinski definition) is 1. The summed E-state index contributed by atoms with van der Waals surface area (Å²) in [5, 5.41) is 2.22. The highest BCUT2D eigenvalue weighted by Crippen LogP contribution is 2.23. The molecule has 0 aliphatic heterocycles. The van der Waals surface area contributed by atoms with Gasteiger partial charge in [0.25, 0.3) is 0 Å². The molecule has 3 aromatic rings. The molecule has 0 aliphatic carbocycles. The van der Waals surface area contributed by atoms with Gasteiger partial charge in [0.15, 0.2) is 11.6 Å². The van der Waals surface area contributed by atoms with Gasteiger partial charge in [-0.3, -0.25) is 5.32 Å². The van der Waals surface area contributed by atoms with Crippen LogP contribution in [0.2, 0.25) is 0 Å². The van der Waals surface area contributed by atoms with Crippen molar-refractivity contribution in [1.82, 2.24) is 9.97 Å². The van der Waals surface area contributed by atoms with Crippen molar-refractivity contribution in [2.24, 2.45) is 0 Å². The molecule has 0 saturated carbocycles. The average molecular weight is 355 g/mol. The molecule has 0 radical (unpaired) electrons. The number of benzene rings is 2. The lowest BCUT2D eigenvalue weighted by molar-refractivity contribution is 0.215. The Morgan fingerprint density at radius 2 is 1.69 bits per heavy atom. The predicted octanol–water partition coefficient (Wildman–Crippen LogP) is 4.03. The number of ether oxygens (including phenoxy) is 3. The van der Waals surface area contributed by atoms with Gasteiger partial charge in [0.2, 0.25) is 0 Å². The van der Waals surface area contributed by atoms with Gasteiger partial charge in [-0.25, -0.2) is 14.2 Å². The Balaban J connectivity index is 1.69. The smallest absolute Gasteiger partial charge is 0.418 e. The first-order chi connectivity index (χ1) is 12.6. The fourth-order valence-electron chi connectivity index (χ4n) is 1.95. The lowest BCUT2D eigenvalue weighted by Gasteiger charge is -2.09. The van der Waals surface area contributed by atoms with E-state index in [1.165, 1.54) is 0 Å². The van der Waals surface area contributed by atoms with E-state index in [1.54, 1.807) is 61.7 Å². The summed E-state index contributed by atoms with van der Waals surface area (Å²) in [4.78, 5) is 19.4. The molecule has 0 unspecified atom stereocenters. The lowest BCUT2D eigenvalue weighted by atomic mass is 10.3. The van der Waals surface area contributed by atoms with Crippen LogP contribution in [0.25, 0.3) is 0 Å². The third kappa shape index (κ3) is 4.44. The zero-order valence-corrected chi connectivity index (χ0v) is 13.7. The number of hydrogen-bond acceptors (Lipinski definition) is 6. The minimum atomic E-state index is -0.885. The van der Waals surface area contributed by atoms with Crippen molar-refractivity contribution in [1.29, 1.82) is 0 Å². The summed E-state index contributed by atoms with van der Waals surface area (Å²) in [7, 11) is 1.55. The third-order valence-corrected chi connectivity index (χ3v) is 3.16.